The largest absolute Gasteiger partial charge is 3.00 e. The zero-order chi connectivity index (χ0) is 21.9. The fraction of sp³-hybridized carbons (Fsp3) is 0.429. The standard InChI is InChI=1S/C21H27N10.Fe/c1-16-19(28-13-25-16)10-22-4-7-31(8-5-23-11-20-17(2)26-14-29-20)9-6-24-12-21-18(3)27-15-30-21;/h10-15H,4-9H2,1-3H3;/q-3;+3. The minimum atomic E-state index is 0. The first kappa shape index (κ1) is 25.4. The second kappa shape index (κ2) is 13.5. The summed E-state index contributed by atoms with van der Waals surface area (Å²) >= 11 is 0. The predicted molar refractivity (Wildman–Crippen MR) is 121 cm³/mol. The molecule has 0 aromatic carbocycles. The van der Waals surface area contributed by atoms with Gasteiger partial charge in [-0.1, -0.05) is 36.1 Å². The first-order chi connectivity index (χ1) is 15.1. The van der Waals surface area contributed by atoms with E-state index in [2.05, 4.69) is 49.8 Å². The van der Waals surface area contributed by atoms with Gasteiger partial charge < -0.3 is 29.9 Å². The molecule has 0 fully saturated rings. The first-order valence-corrected chi connectivity index (χ1v) is 10.2. The van der Waals surface area contributed by atoms with Gasteiger partial charge in [-0.15, -0.1) is 0 Å². The summed E-state index contributed by atoms with van der Waals surface area (Å²) in [4.78, 5) is 40.7. The topological polar surface area (TPSA) is 121 Å². The van der Waals surface area contributed by atoms with Gasteiger partial charge in [0.15, 0.2) is 0 Å². The van der Waals surface area contributed by atoms with Crippen molar-refractivity contribution >= 4 is 18.6 Å². The van der Waals surface area contributed by atoms with E-state index >= 15 is 0 Å². The van der Waals surface area contributed by atoms with Crippen molar-refractivity contribution in [2.45, 2.75) is 20.8 Å². The Morgan fingerprint density at radius 2 is 0.969 bits per heavy atom. The van der Waals surface area contributed by atoms with Crippen LogP contribution in [0.3, 0.4) is 0 Å². The van der Waals surface area contributed by atoms with Crippen molar-refractivity contribution in [2.24, 2.45) is 15.0 Å². The Kier molecular flexibility index (Phi) is 10.7. The summed E-state index contributed by atoms with van der Waals surface area (Å²) in [7, 11) is 0. The summed E-state index contributed by atoms with van der Waals surface area (Å²) in [5.74, 6) is 0. The maximum absolute atomic E-state index is 4.49. The van der Waals surface area contributed by atoms with E-state index < -0.39 is 0 Å². The van der Waals surface area contributed by atoms with Crippen molar-refractivity contribution < 1.29 is 17.1 Å². The van der Waals surface area contributed by atoms with E-state index in [1.165, 1.54) is 0 Å². The van der Waals surface area contributed by atoms with Gasteiger partial charge in [0.2, 0.25) is 0 Å². The van der Waals surface area contributed by atoms with E-state index in [0.717, 1.165) is 53.8 Å². The molecule has 0 aliphatic heterocycles. The molecule has 3 aromatic heterocycles. The van der Waals surface area contributed by atoms with Crippen LogP contribution in [-0.2, 0) is 17.1 Å². The second-order valence-electron chi connectivity index (χ2n) is 6.98. The molecule has 0 spiro atoms. The molecule has 0 aliphatic rings. The Morgan fingerprint density at radius 3 is 1.22 bits per heavy atom. The SMILES string of the molecule is Cc1nc[n-]c1C=NCCN(CCN=Cc1[n-]cnc1C)CCN=Cc1[n-]cnc1C.[Fe+3]. The molecule has 0 unspecified atom stereocenters. The fourth-order valence-corrected chi connectivity index (χ4v) is 2.78. The number of nitrogens with zero attached hydrogens (tertiary/aromatic N) is 10. The van der Waals surface area contributed by atoms with E-state index in [1.807, 2.05) is 20.8 Å². The summed E-state index contributed by atoms with van der Waals surface area (Å²) < 4.78 is 0. The molecular weight excluding hydrogens is 448 g/mol. The van der Waals surface area contributed by atoms with Gasteiger partial charge in [-0.25, -0.2) is 0 Å². The third-order valence-corrected chi connectivity index (χ3v) is 4.73. The van der Waals surface area contributed by atoms with Crippen molar-refractivity contribution in [2.75, 3.05) is 39.3 Å². The number of imidazole rings is 3. The van der Waals surface area contributed by atoms with Crippen molar-refractivity contribution in [3.8, 4) is 0 Å². The number of aryl methyl sites for hydroxylation is 3. The van der Waals surface area contributed by atoms with E-state index in [1.54, 1.807) is 37.6 Å². The van der Waals surface area contributed by atoms with Crippen molar-refractivity contribution in [3.05, 3.63) is 53.1 Å². The molecule has 0 saturated heterocycles. The summed E-state index contributed by atoms with van der Waals surface area (Å²) in [6, 6.07) is 0. The summed E-state index contributed by atoms with van der Waals surface area (Å²) in [5, 5.41) is 0. The average Bonchev–Trinajstić information content (AvgIpc) is 3.47. The Labute approximate surface area is 198 Å². The summed E-state index contributed by atoms with van der Waals surface area (Å²) in [6.45, 7) is 10.2. The van der Waals surface area contributed by atoms with Gasteiger partial charge in [-0.3, -0.25) is 19.9 Å². The number of rotatable bonds is 12. The Morgan fingerprint density at radius 1 is 0.656 bits per heavy atom. The molecule has 0 aliphatic carbocycles. The van der Waals surface area contributed by atoms with Crippen LogP contribution in [-0.4, -0.2) is 77.8 Å². The number of aromatic nitrogens is 6. The Bertz CT molecular complexity index is 884. The smallest absolute Gasteiger partial charge is 0.447 e. The molecule has 3 aromatic rings. The van der Waals surface area contributed by atoms with Gasteiger partial charge in [0, 0.05) is 38.3 Å². The zero-order valence-corrected chi connectivity index (χ0v) is 19.6. The third-order valence-electron chi connectivity index (χ3n) is 4.73. The maximum Gasteiger partial charge on any atom is 3.00 e. The molecule has 169 valence electrons. The van der Waals surface area contributed by atoms with E-state index in [9.17, 15) is 0 Å². The van der Waals surface area contributed by atoms with Gasteiger partial charge >= 0.3 is 17.1 Å². The Balaban J connectivity index is 0.00000363. The van der Waals surface area contributed by atoms with Crippen LogP contribution in [0.4, 0.5) is 0 Å². The van der Waals surface area contributed by atoms with Crippen LogP contribution in [0, 0.1) is 20.8 Å². The predicted octanol–water partition coefficient (Wildman–Crippen LogP) is 0.625. The van der Waals surface area contributed by atoms with Gasteiger partial charge in [-0.05, 0) is 37.9 Å². The van der Waals surface area contributed by atoms with Gasteiger partial charge in [0.1, 0.15) is 0 Å². The van der Waals surface area contributed by atoms with Crippen LogP contribution in [0.2, 0.25) is 0 Å². The molecule has 1 radical (unpaired) electrons. The summed E-state index contributed by atoms with van der Waals surface area (Å²) in [6.07, 6.45) is 10.0. The number of hydrogen-bond donors (Lipinski definition) is 0. The van der Waals surface area contributed by atoms with Crippen LogP contribution in [0.25, 0.3) is 0 Å². The van der Waals surface area contributed by atoms with Crippen LogP contribution in [0.5, 0.6) is 0 Å². The van der Waals surface area contributed by atoms with E-state index in [-0.39, 0.29) is 17.1 Å². The molecule has 0 amide bonds. The quantitative estimate of drug-likeness (QED) is 0.278. The molecule has 11 heteroatoms. The van der Waals surface area contributed by atoms with E-state index in [0.29, 0.717) is 19.6 Å². The molecule has 3 rings (SSSR count). The normalized spacial score (nSPS) is 12.0. The average molecular weight is 475 g/mol. The minimum absolute atomic E-state index is 0. The fourth-order valence-electron chi connectivity index (χ4n) is 2.78. The van der Waals surface area contributed by atoms with Crippen LogP contribution in [0.15, 0.2) is 34.0 Å². The third kappa shape index (κ3) is 7.99. The van der Waals surface area contributed by atoms with Gasteiger partial charge in [-0.2, -0.15) is 0 Å². The van der Waals surface area contributed by atoms with Crippen molar-refractivity contribution in [1.29, 1.82) is 0 Å². The molecule has 32 heavy (non-hydrogen) atoms. The van der Waals surface area contributed by atoms with Crippen LogP contribution in [0.1, 0.15) is 34.2 Å². The van der Waals surface area contributed by atoms with E-state index in [4.69, 9.17) is 0 Å². The van der Waals surface area contributed by atoms with Gasteiger partial charge in [0.25, 0.3) is 0 Å². The number of aliphatic imine (C=N–C) groups is 3. The van der Waals surface area contributed by atoms with Crippen molar-refractivity contribution in [1.82, 2.24) is 34.8 Å². The number of hydrogen-bond acceptors (Lipinski definition) is 7. The second-order valence-corrected chi connectivity index (χ2v) is 6.98. The van der Waals surface area contributed by atoms with Crippen LogP contribution < -0.4 is 15.0 Å². The Hall–Kier alpha value is -2.88. The van der Waals surface area contributed by atoms with Crippen LogP contribution >= 0.6 is 0 Å². The maximum atomic E-state index is 4.49. The van der Waals surface area contributed by atoms with Gasteiger partial charge in [0.05, 0.1) is 19.6 Å². The first-order valence-electron chi connectivity index (χ1n) is 10.2. The molecular formula is C21H27FeN10. The molecule has 0 bridgehead atoms. The molecule has 10 nitrogen and oxygen atoms in total. The molecule has 0 atom stereocenters. The minimum Gasteiger partial charge on any atom is -0.447 e. The van der Waals surface area contributed by atoms with Crippen molar-refractivity contribution in [3.63, 3.8) is 0 Å². The monoisotopic (exact) mass is 475 g/mol. The zero-order valence-electron chi connectivity index (χ0n) is 18.5. The molecule has 0 saturated carbocycles. The molecule has 3 heterocycles. The molecule has 0 N–H and O–H groups in total. The summed E-state index contributed by atoms with van der Waals surface area (Å²) in [5.41, 5.74) is 5.12.